The van der Waals surface area contributed by atoms with Gasteiger partial charge in [0, 0.05) is 5.69 Å². The summed E-state index contributed by atoms with van der Waals surface area (Å²) in [6.45, 7) is 3.65. The van der Waals surface area contributed by atoms with Crippen molar-refractivity contribution in [2.75, 3.05) is 11.9 Å². The van der Waals surface area contributed by atoms with Crippen LogP contribution >= 0.6 is 0 Å². The fourth-order valence-corrected chi connectivity index (χ4v) is 2.01. The molecule has 0 aliphatic rings. The lowest BCUT2D eigenvalue weighted by Gasteiger charge is -2.05. The van der Waals surface area contributed by atoms with Gasteiger partial charge in [-0.2, -0.15) is 0 Å². The van der Waals surface area contributed by atoms with Crippen molar-refractivity contribution in [3.63, 3.8) is 0 Å². The number of nitrogens with zero attached hydrogens (tertiary/aromatic N) is 4. The maximum absolute atomic E-state index is 12.1. The molecule has 0 saturated carbocycles. The van der Waals surface area contributed by atoms with Crippen molar-refractivity contribution in [1.29, 1.82) is 0 Å². The van der Waals surface area contributed by atoms with Gasteiger partial charge >= 0.3 is 5.97 Å². The molecule has 0 spiro atoms. The van der Waals surface area contributed by atoms with Crippen LogP contribution in [-0.4, -0.2) is 37.4 Å². The summed E-state index contributed by atoms with van der Waals surface area (Å²) < 4.78 is 6.22. The molecule has 2 N–H and O–H groups in total. The fourth-order valence-electron chi connectivity index (χ4n) is 2.01. The molecular formula is C14H14N6O3. The number of carbonyl (C=O) groups excluding carboxylic acids is 1. The van der Waals surface area contributed by atoms with Gasteiger partial charge in [-0.1, -0.05) is 0 Å². The molecule has 0 bridgehead atoms. The molecule has 0 unspecified atom stereocenters. The Kier molecular flexibility index (Phi) is 3.75. The number of benzene rings is 1. The van der Waals surface area contributed by atoms with Crippen LogP contribution in [0.5, 0.6) is 0 Å². The molecule has 2 heterocycles. The van der Waals surface area contributed by atoms with Crippen LogP contribution in [-0.2, 0) is 4.74 Å². The molecule has 3 aromatic rings. The van der Waals surface area contributed by atoms with E-state index in [9.17, 15) is 9.59 Å². The highest BCUT2D eigenvalue weighted by Crippen LogP contribution is 2.15. The second-order valence-electron chi connectivity index (χ2n) is 4.72. The number of nitrogens with one attached hydrogen (secondary N) is 2. The minimum absolute atomic E-state index is 0.242. The third-order valence-corrected chi connectivity index (χ3v) is 3.14. The van der Waals surface area contributed by atoms with Crippen molar-refractivity contribution in [2.45, 2.75) is 13.8 Å². The zero-order valence-electron chi connectivity index (χ0n) is 12.5. The Hall–Kier alpha value is -3.23. The van der Waals surface area contributed by atoms with Gasteiger partial charge in [0.2, 0.25) is 5.95 Å². The fraction of sp³-hybridized carbons (Fsp3) is 0.214. The van der Waals surface area contributed by atoms with E-state index in [4.69, 9.17) is 4.74 Å². The molecule has 0 amide bonds. The number of hydrogen-bond acceptors (Lipinski definition) is 7. The standard InChI is InChI=1S/C14H14N6O3/c1-3-23-12(22)9-4-6-10(7-5-9)15-13-17-19-14-18-16-8(2)11(21)20(13)14/h4-7H,3H2,1-2H3,(H,15,17)(H,18,19). The third-order valence-electron chi connectivity index (χ3n) is 3.14. The normalized spacial score (nSPS) is 10.7. The summed E-state index contributed by atoms with van der Waals surface area (Å²) in [6.07, 6.45) is 0. The van der Waals surface area contributed by atoms with Gasteiger partial charge in [-0.3, -0.25) is 4.79 Å². The van der Waals surface area contributed by atoms with Crippen LogP contribution in [0, 0.1) is 6.92 Å². The van der Waals surface area contributed by atoms with Gasteiger partial charge in [0.25, 0.3) is 11.3 Å². The molecule has 0 aliphatic heterocycles. The Bertz CT molecular complexity index is 912. The van der Waals surface area contributed by atoms with E-state index in [0.29, 0.717) is 17.9 Å². The number of aromatic nitrogens is 5. The Morgan fingerprint density at radius 1 is 1.30 bits per heavy atom. The van der Waals surface area contributed by atoms with E-state index in [1.807, 2.05) is 0 Å². The lowest BCUT2D eigenvalue weighted by molar-refractivity contribution is 0.0526. The summed E-state index contributed by atoms with van der Waals surface area (Å²) in [5, 5.41) is 17.2. The zero-order chi connectivity index (χ0) is 16.4. The van der Waals surface area contributed by atoms with Gasteiger partial charge in [-0.05, 0) is 38.1 Å². The van der Waals surface area contributed by atoms with Crippen molar-refractivity contribution in [1.82, 2.24) is 24.8 Å². The van der Waals surface area contributed by atoms with E-state index in [1.165, 1.54) is 4.40 Å². The maximum atomic E-state index is 12.1. The van der Waals surface area contributed by atoms with E-state index in [-0.39, 0.29) is 28.9 Å². The van der Waals surface area contributed by atoms with Crippen LogP contribution in [0.3, 0.4) is 0 Å². The molecule has 118 valence electrons. The molecule has 0 atom stereocenters. The molecule has 0 radical (unpaired) electrons. The quantitative estimate of drug-likeness (QED) is 0.691. The summed E-state index contributed by atoms with van der Waals surface area (Å²) in [7, 11) is 0. The van der Waals surface area contributed by atoms with E-state index < -0.39 is 0 Å². The first kappa shape index (κ1) is 14.7. The molecule has 9 nitrogen and oxygen atoms in total. The van der Waals surface area contributed by atoms with Gasteiger partial charge < -0.3 is 10.1 Å². The molecule has 3 rings (SSSR count). The predicted molar refractivity (Wildman–Crippen MR) is 81.8 cm³/mol. The number of ether oxygens (including phenoxy) is 1. The third kappa shape index (κ3) is 2.76. The number of aryl methyl sites for hydroxylation is 1. The Labute approximate surface area is 130 Å². The van der Waals surface area contributed by atoms with Crippen molar-refractivity contribution in [3.05, 3.63) is 45.9 Å². The topological polar surface area (TPSA) is 114 Å². The van der Waals surface area contributed by atoms with E-state index in [2.05, 4.69) is 25.7 Å². The first-order valence-electron chi connectivity index (χ1n) is 6.94. The summed E-state index contributed by atoms with van der Waals surface area (Å²) >= 11 is 0. The van der Waals surface area contributed by atoms with Crippen molar-refractivity contribution < 1.29 is 9.53 Å². The lowest BCUT2D eigenvalue weighted by Crippen LogP contribution is -2.20. The number of carbonyl (C=O) groups is 1. The second kappa shape index (κ2) is 5.87. The molecule has 23 heavy (non-hydrogen) atoms. The van der Waals surface area contributed by atoms with Crippen LogP contribution in [0.15, 0.2) is 29.1 Å². The smallest absolute Gasteiger partial charge is 0.338 e. The number of anilines is 2. The molecule has 0 saturated heterocycles. The second-order valence-corrected chi connectivity index (χ2v) is 4.72. The highest BCUT2D eigenvalue weighted by atomic mass is 16.5. The van der Waals surface area contributed by atoms with Gasteiger partial charge in [0.15, 0.2) is 0 Å². The van der Waals surface area contributed by atoms with Crippen LogP contribution in [0.1, 0.15) is 23.0 Å². The first-order valence-corrected chi connectivity index (χ1v) is 6.94. The van der Waals surface area contributed by atoms with Crippen LogP contribution in [0.25, 0.3) is 5.78 Å². The number of rotatable bonds is 4. The van der Waals surface area contributed by atoms with Crippen molar-refractivity contribution >= 4 is 23.4 Å². The number of hydrogen-bond donors (Lipinski definition) is 2. The summed E-state index contributed by atoms with van der Waals surface area (Å²) in [5.41, 5.74) is 1.06. The van der Waals surface area contributed by atoms with Crippen molar-refractivity contribution in [2.24, 2.45) is 0 Å². The molecule has 0 fully saturated rings. The van der Waals surface area contributed by atoms with E-state index in [0.717, 1.165) is 0 Å². The van der Waals surface area contributed by atoms with Gasteiger partial charge in [0.1, 0.15) is 5.69 Å². The highest BCUT2D eigenvalue weighted by molar-refractivity contribution is 5.89. The average molecular weight is 314 g/mol. The van der Waals surface area contributed by atoms with E-state index in [1.54, 1.807) is 38.1 Å². The molecule has 0 aliphatic carbocycles. The molecule has 9 heteroatoms. The monoisotopic (exact) mass is 314 g/mol. The minimum Gasteiger partial charge on any atom is -0.462 e. The number of esters is 1. The average Bonchev–Trinajstić information content (AvgIpc) is 2.95. The van der Waals surface area contributed by atoms with Gasteiger partial charge in [-0.25, -0.2) is 14.3 Å². The summed E-state index contributed by atoms with van der Waals surface area (Å²) in [5.74, 6) is 0.143. The number of H-pyrrole nitrogens is 1. The van der Waals surface area contributed by atoms with Crippen molar-refractivity contribution in [3.8, 4) is 0 Å². The van der Waals surface area contributed by atoms with Gasteiger partial charge in [-0.15, -0.1) is 15.3 Å². The first-order chi connectivity index (χ1) is 11.1. The summed E-state index contributed by atoms with van der Waals surface area (Å²) in [4.78, 5) is 23.7. The molecule has 2 aromatic heterocycles. The SMILES string of the molecule is CCOC(=O)c1ccc(Nc2n[nH]c3nnc(C)c(=O)n23)cc1. The Morgan fingerprint density at radius 3 is 2.74 bits per heavy atom. The minimum atomic E-state index is -0.383. The largest absolute Gasteiger partial charge is 0.462 e. The molecule has 1 aromatic carbocycles. The zero-order valence-corrected chi connectivity index (χ0v) is 12.5. The van der Waals surface area contributed by atoms with Crippen LogP contribution in [0.2, 0.25) is 0 Å². The predicted octanol–water partition coefficient (Wildman–Crippen LogP) is 1.04. The van der Waals surface area contributed by atoms with Crippen LogP contribution in [0.4, 0.5) is 11.6 Å². The highest BCUT2D eigenvalue weighted by Gasteiger charge is 2.11. The lowest BCUT2D eigenvalue weighted by atomic mass is 10.2. The Morgan fingerprint density at radius 2 is 2.04 bits per heavy atom. The molecular weight excluding hydrogens is 300 g/mol. The summed E-state index contributed by atoms with van der Waals surface area (Å²) in [6, 6.07) is 6.64. The number of aromatic amines is 1. The van der Waals surface area contributed by atoms with Gasteiger partial charge in [0.05, 0.1) is 12.2 Å². The number of fused-ring (bicyclic) bond motifs is 1. The maximum Gasteiger partial charge on any atom is 0.338 e. The van der Waals surface area contributed by atoms with Crippen LogP contribution < -0.4 is 10.9 Å². The Balaban J connectivity index is 1.89. The van der Waals surface area contributed by atoms with E-state index >= 15 is 0 Å².